The fraction of sp³-hybridized carbons (Fsp3) is 0.500. The van der Waals surface area contributed by atoms with Gasteiger partial charge in [-0.3, -0.25) is 0 Å². The maximum absolute atomic E-state index is 12.7. The summed E-state index contributed by atoms with van der Waals surface area (Å²) in [7, 11) is 0. The first kappa shape index (κ1) is 10.6. The Kier molecular flexibility index (Phi) is 3.34. The molecule has 1 aliphatic rings. The Morgan fingerprint density at radius 2 is 2.00 bits per heavy atom. The van der Waals surface area contributed by atoms with Gasteiger partial charge in [-0.05, 0) is 36.5 Å². The fourth-order valence-electron chi connectivity index (χ4n) is 2.09. The summed E-state index contributed by atoms with van der Waals surface area (Å²) in [4.78, 5) is 0. The van der Waals surface area contributed by atoms with Crippen molar-refractivity contribution >= 4 is 0 Å². The van der Waals surface area contributed by atoms with Crippen molar-refractivity contribution in [2.24, 2.45) is 0 Å². The second-order valence-electron chi connectivity index (χ2n) is 4.11. The van der Waals surface area contributed by atoms with Crippen LogP contribution >= 0.6 is 0 Å². The maximum atomic E-state index is 12.7. The number of piperidine rings is 1. The molecule has 1 aliphatic heterocycles. The monoisotopic (exact) mass is 209 g/mol. The van der Waals surface area contributed by atoms with Gasteiger partial charge in [-0.2, -0.15) is 0 Å². The van der Waals surface area contributed by atoms with Crippen LogP contribution < -0.4 is 5.32 Å². The minimum atomic E-state index is -0.184. The molecule has 1 aromatic carbocycles. The highest BCUT2D eigenvalue weighted by Gasteiger charge is 2.20. The molecule has 1 heterocycles. The van der Waals surface area contributed by atoms with Crippen molar-refractivity contribution in [3.63, 3.8) is 0 Å². The van der Waals surface area contributed by atoms with Gasteiger partial charge in [0.2, 0.25) is 0 Å². The second-order valence-corrected chi connectivity index (χ2v) is 4.11. The van der Waals surface area contributed by atoms with Crippen molar-refractivity contribution in [3.05, 3.63) is 35.6 Å². The summed E-state index contributed by atoms with van der Waals surface area (Å²) >= 11 is 0. The molecule has 0 amide bonds. The van der Waals surface area contributed by atoms with E-state index in [2.05, 4.69) is 5.32 Å². The molecule has 0 aromatic heterocycles. The molecule has 0 aliphatic carbocycles. The van der Waals surface area contributed by atoms with Gasteiger partial charge < -0.3 is 10.4 Å². The molecule has 2 atom stereocenters. The van der Waals surface area contributed by atoms with Gasteiger partial charge in [0.25, 0.3) is 0 Å². The molecule has 3 heteroatoms. The minimum Gasteiger partial charge on any atom is -0.395 e. The highest BCUT2D eigenvalue weighted by molar-refractivity contribution is 5.21. The largest absolute Gasteiger partial charge is 0.395 e. The smallest absolute Gasteiger partial charge is 0.123 e. The zero-order chi connectivity index (χ0) is 10.7. The highest BCUT2D eigenvalue weighted by atomic mass is 19.1. The van der Waals surface area contributed by atoms with Gasteiger partial charge in [0.15, 0.2) is 0 Å². The molecule has 0 saturated carbocycles. The summed E-state index contributed by atoms with van der Waals surface area (Å²) in [6.07, 6.45) is 2.04. The molecular weight excluding hydrogens is 193 g/mol. The van der Waals surface area contributed by atoms with Crippen molar-refractivity contribution in [1.29, 1.82) is 0 Å². The molecular formula is C12H16FNO. The number of rotatable bonds is 2. The third kappa shape index (κ3) is 2.55. The van der Waals surface area contributed by atoms with Gasteiger partial charge in [0.05, 0.1) is 6.61 Å². The van der Waals surface area contributed by atoms with Crippen LogP contribution in [0.15, 0.2) is 24.3 Å². The van der Waals surface area contributed by atoms with Gasteiger partial charge in [-0.25, -0.2) is 4.39 Å². The van der Waals surface area contributed by atoms with Crippen molar-refractivity contribution in [1.82, 2.24) is 5.32 Å². The van der Waals surface area contributed by atoms with Crippen LogP contribution in [0.5, 0.6) is 0 Å². The predicted octanol–water partition coefficient (Wildman–Crippen LogP) is 1.65. The second kappa shape index (κ2) is 4.73. The molecule has 82 valence electrons. The van der Waals surface area contributed by atoms with E-state index in [1.807, 2.05) is 12.1 Å². The molecule has 15 heavy (non-hydrogen) atoms. The molecule has 2 N–H and O–H groups in total. The first-order valence-electron chi connectivity index (χ1n) is 5.39. The SMILES string of the molecule is OCC1CCC(c2ccc(F)cc2)CN1. The first-order valence-corrected chi connectivity index (χ1v) is 5.39. The third-order valence-corrected chi connectivity index (χ3v) is 3.08. The summed E-state index contributed by atoms with van der Waals surface area (Å²) in [6.45, 7) is 1.08. The highest BCUT2D eigenvalue weighted by Crippen LogP contribution is 2.25. The summed E-state index contributed by atoms with van der Waals surface area (Å²) in [6, 6.07) is 6.95. The molecule has 0 spiro atoms. The standard InChI is InChI=1S/C12H16FNO/c13-11-4-1-9(2-5-11)10-3-6-12(8-15)14-7-10/h1-2,4-5,10,12,14-15H,3,6-8H2. The van der Waals surface area contributed by atoms with E-state index in [0.29, 0.717) is 5.92 Å². The third-order valence-electron chi connectivity index (χ3n) is 3.08. The van der Waals surface area contributed by atoms with Gasteiger partial charge in [-0.1, -0.05) is 12.1 Å². The Labute approximate surface area is 89.1 Å². The lowest BCUT2D eigenvalue weighted by molar-refractivity contribution is 0.213. The molecule has 2 nitrogen and oxygen atoms in total. The van der Waals surface area contributed by atoms with Crippen molar-refractivity contribution in [2.45, 2.75) is 24.8 Å². The van der Waals surface area contributed by atoms with Crippen molar-refractivity contribution in [3.8, 4) is 0 Å². The van der Waals surface area contributed by atoms with Gasteiger partial charge in [0, 0.05) is 12.6 Å². The Bertz CT molecular complexity index is 304. The number of hydrogen-bond donors (Lipinski definition) is 2. The number of aliphatic hydroxyl groups excluding tert-OH is 1. The van der Waals surface area contributed by atoms with Gasteiger partial charge in [0.1, 0.15) is 5.82 Å². The summed E-state index contributed by atoms with van der Waals surface area (Å²) in [5.74, 6) is 0.268. The average molecular weight is 209 g/mol. The molecule has 2 rings (SSSR count). The van der Waals surface area contributed by atoms with E-state index in [1.54, 1.807) is 0 Å². The van der Waals surface area contributed by atoms with Crippen LogP contribution in [-0.4, -0.2) is 24.3 Å². The minimum absolute atomic E-state index is 0.184. The molecule has 1 fully saturated rings. The van der Waals surface area contributed by atoms with Crippen molar-refractivity contribution < 1.29 is 9.50 Å². The van der Waals surface area contributed by atoms with E-state index in [0.717, 1.165) is 19.4 Å². The van der Waals surface area contributed by atoms with Crippen LogP contribution in [-0.2, 0) is 0 Å². The zero-order valence-corrected chi connectivity index (χ0v) is 8.62. The van der Waals surface area contributed by atoms with Crippen LogP contribution in [0.2, 0.25) is 0 Å². The Hall–Kier alpha value is -0.930. The molecule has 1 aromatic rings. The Balaban J connectivity index is 1.98. The summed E-state index contributed by atoms with van der Waals surface area (Å²) in [5, 5.41) is 12.3. The van der Waals surface area contributed by atoms with E-state index >= 15 is 0 Å². The lowest BCUT2D eigenvalue weighted by atomic mass is 9.89. The van der Waals surface area contributed by atoms with Crippen LogP contribution in [0, 0.1) is 5.82 Å². The molecule has 0 radical (unpaired) electrons. The lowest BCUT2D eigenvalue weighted by Crippen LogP contribution is -2.40. The Morgan fingerprint density at radius 1 is 1.27 bits per heavy atom. The summed E-state index contributed by atoms with van der Waals surface area (Å²) < 4.78 is 12.7. The maximum Gasteiger partial charge on any atom is 0.123 e. The molecule has 1 saturated heterocycles. The van der Waals surface area contributed by atoms with Crippen LogP contribution in [0.25, 0.3) is 0 Å². The molecule has 0 bridgehead atoms. The topological polar surface area (TPSA) is 32.3 Å². The van der Waals surface area contributed by atoms with E-state index in [1.165, 1.54) is 17.7 Å². The Morgan fingerprint density at radius 3 is 2.53 bits per heavy atom. The number of hydrogen-bond acceptors (Lipinski definition) is 2. The van der Waals surface area contributed by atoms with Gasteiger partial charge in [-0.15, -0.1) is 0 Å². The number of benzene rings is 1. The lowest BCUT2D eigenvalue weighted by Gasteiger charge is -2.29. The van der Waals surface area contributed by atoms with Crippen LogP contribution in [0.4, 0.5) is 4.39 Å². The number of nitrogens with one attached hydrogen (secondary N) is 1. The number of aliphatic hydroxyl groups is 1. The summed E-state index contributed by atoms with van der Waals surface area (Å²) in [5.41, 5.74) is 1.18. The van der Waals surface area contributed by atoms with Crippen LogP contribution in [0.1, 0.15) is 24.3 Å². The normalized spacial score (nSPS) is 26.5. The predicted molar refractivity (Wildman–Crippen MR) is 57.3 cm³/mol. The van der Waals surface area contributed by atoms with E-state index in [4.69, 9.17) is 5.11 Å². The van der Waals surface area contributed by atoms with Gasteiger partial charge >= 0.3 is 0 Å². The average Bonchev–Trinajstić information content (AvgIpc) is 2.30. The first-order chi connectivity index (χ1) is 7.29. The van der Waals surface area contributed by atoms with E-state index < -0.39 is 0 Å². The van der Waals surface area contributed by atoms with E-state index in [9.17, 15) is 4.39 Å². The number of halogens is 1. The van der Waals surface area contributed by atoms with Crippen molar-refractivity contribution in [2.75, 3.05) is 13.2 Å². The van der Waals surface area contributed by atoms with E-state index in [-0.39, 0.29) is 18.5 Å². The fourth-order valence-corrected chi connectivity index (χ4v) is 2.09. The quantitative estimate of drug-likeness (QED) is 0.776. The zero-order valence-electron chi connectivity index (χ0n) is 8.62. The van der Waals surface area contributed by atoms with Crippen LogP contribution in [0.3, 0.4) is 0 Å². The molecule has 2 unspecified atom stereocenters.